The van der Waals surface area contributed by atoms with E-state index in [1.165, 1.54) is 9.80 Å². The van der Waals surface area contributed by atoms with E-state index in [1.807, 2.05) is 84.9 Å². The van der Waals surface area contributed by atoms with Gasteiger partial charge in [0.2, 0.25) is 11.8 Å². The fourth-order valence-electron chi connectivity index (χ4n) is 6.51. The normalized spacial score (nSPS) is 16.9. The van der Waals surface area contributed by atoms with Crippen molar-refractivity contribution in [3.05, 3.63) is 114 Å². The molecule has 4 aromatic carbocycles. The summed E-state index contributed by atoms with van der Waals surface area (Å²) in [7, 11) is 0. The average molecular weight is 687 g/mol. The van der Waals surface area contributed by atoms with Crippen molar-refractivity contribution in [2.24, 2.45) is 0 Å². The minimum Gasteiger partial charge on any atom is -0.445 e. The van der Waals surface area contributed by atoms with Crippen molar-refractivity contribution >= 4 is 46.4 Å². The van der Waals surface area contributed by atoms with Gasteiger partial charge in [-0.15, -0.1) is 0 Å². The molecule has 5 aromatic rings. The number of rotatable bonds is 9. The van der Waals surface area contributed by atoms with E-state index in [9.17, 15) is 19.2 Å². The number of nitrogens with zero attached hydrogens (tertiary/aromatic N) is 3. The number of carbonyl (C=O) groups is 4. The molecule has 0 bridgehead atoms. The summed E-state index contributed by atoms with van der Waals surface area (Å²) < 4.78 is 11.0. The molecule has 2 aliphatic rings. The van der Waals surface area contributed by atoms with Crippen LogP contribution in [-0.2, 0) is 32.3 Å². The first-order valence-corrected chi connectivity index (χ1v) is 17.1. The van der Waals surface area contributed by atoms with Gasteiger partial charge in [-0.05, 0) is 79.3 Å². The van der Waals surface area contributed by atoms with Crippen LogP contribution in [0.2, 0.25) is 0 Å². The van der Waals surface area contributed by atoms with Gasteiger partial charge in [-0.3, -0.25) is 19.4 Å². The van der Waals surface area contributed by atoms with Gasteiger partial charge in [-0.25, -0.2) is 14.6 Å². The van der Waals surface area contributed by atoms with Crippen LogP contribution >= 0.6 is 0 Å². The molecular weight excluding hydrogens is 648 g/mol. The zero-order chi connectivity index (χ0) is 35.2. The number of imidazole rings is 1. The molecule has 7 rings (SSSR count). The molecule has 0 radical (unpaired) electrons. The standard InChI is InChI=1S/C39H38N6O6/c46-36(33-13-7-21-44(33)38(48)50-24-26-9-3-1-4-10-26)40-29-17-15-28(16-18-29)35-42-31-20-19-30(23-32(31)43-35)41-37(47)34-14-8-22-45(34)39(49)51-25-27-11-5-2-6-12-27/h1-6,9-12,15-20,23,33-34H,7-8,13-14,21-22,24-25H2,(H,40,46)(H,41,47)(H,42,43)/t33-,34-/m0/s1. The summed E-state index contributed by atoms with van der Waals surface area (Å²) in [5.41, 5.74) is 5.19. The highest BCUT2D eigenvalue weighted by molar-refractivity contribution is 5.99. The summed E-state index contributed by atoms with van der Waals surface area (Å²) in [4.78, 5) is 63.0. The Morgan fingerprint density at radius 3 is 1.73 bits per heavy atom. The molecule has 0 saturated carbocycles. The SMILES string of the molecule is O=C(Nc1ccc(-c2nc3ccc(NC(=O)[C@@H]4CCCN4C(=O)OCc4ccccc4)cc3[nH]2)cc1)[C@@H]1CCCN1C(=O)OCc1ccccc1. The van der Waals surface area contributed by atoms with Crippen LogP contribution in [-0.4, -0.2) is 68.9 Å². The summed E-state index contributed by atoms with van der Waals surface area (Å²) in [5, 5.41) is 5.88. The molecule has 0 aliphatic carbocycles. The molecule has 2 atom stereocenters. The van der Waals surface area contributed by atoms with Crippen LogP contribution in [0.5, 0.6) is 0 Å². The maximum Gasteiger partial charge on any atom is 0.410 e. The first-order valence-electron chi connectivity index (χ1n) is 17.1. The van der Waals surface area contributed by atoms with Crippen molar-refractivity contribution in [2.75, 3.05) is 23.7 Å². The predicted octanol–water partition coefficient (Wildman–Crippen LogP) is 6.71. The highest BCUT2D eigenvalue weighted by Gasteiger charge is 2.36. The van der Waals surface area contributed by atoms with Crippen LogP contribution in [0.1, 0.15) is 36.8 Å². The Balaban J connectivity index is 0.939. The zero-order valence-corrected chi connectivity index (χ0v) is 27.9. The Morgan fingerprint density at radius 2 is 1.18 bits per heavy atom. The van der Waals surface area contributed by atoms with Gasteiger partial charge >= 0.3 is 12.2 Å². The van der Waals surface area contributed by atoms with E-state index in [-0.39, 0.29) is 25.0 Å². The predicted molar refractivity (Wildman–Crippen MR) is 191 cm³/mol. The van der Waals surface area contributed by atoms with E-state index >= 15 is 0 Å². The van der Waals surface area contributed by atoms with Crippen molar-refractivity contribution in [2.45, 2.75) is 51.0 Å². The van der Waals surface area contributed by atoms with E-state index < -0.39 is 24.3 Å². The second kappa shape index (κ2) is 15.2. The summed E-state index contributed by atoms with van der Waals surface area (Å²) in [6, 6.07) is 30.3. The number of likely N-dealkylation sites (tertiary alicyclic amines) is 2. The van der Waals surface area contributed by atoms with Gasteiger partial charge in [-0.2, -0.15) is 0 Å². The van der Waals surface area contributed by atoms with Gasteiger partial charge in [0.1, 0.15) is 31.1 Å². The highest BCUT2D eigenvalue weighted by Crippen LogP contribution is 2.27. The monoisotopic (exact) mass is 686 g/mol. The Hall–Kier alpha value is -6.17. The van der Waals surface area contributed by atoms with Crippen LogP contribution in [0.3, 0.4) is 0 Å². The molecule has 4 amide bonds. The third kappa shape index (κ3) is 7.85. The van der Waals surface area contributed by atoms with Crippen LogP contribution in [0.4, 0.5) is 21.0 Å². The number of H-pyrrole nitrogens is 1. The van der Waals surface area contributed by atoms with E-state index in [1.54, 1.807) is 18.2 Å². The van der Waals surface area contributed by atoms with Crippen molar-refractivity contribution < 1.29 is 28.7 Å². The maximum absolute atomic E-state index is 13.3. The van der Waals surface area contributed by atoms with E-state index in [0.29, 0.717) is 55.1 Å². The van der Waals surface area contributed by atoms with Gasteiger partial charge in [0.25, 0.3) is 0 Å². The first kappa shape index (κ1) is 33.3. The van der Waals surface area contributed by atoms with E-state index in [2.05, 4.69) is 15.6 Å². The van der Waals surface area contributed by atoms with E-state index in [0.717, 1.165) is 28.6 Å². The van der Waals surface area contributed by atoms with E-state index in [4.69, 9.17) is 14.5 Å². The van der Waals surface area contributed by atoms with Crippen molar-refractivity contribution in [3.8, 4) is 11.4 Å². The lowest BCUT2D eigenvalue weighted by Gasteiger charge is -2.23. The molecule has 2 saturated heterocycles. The number of hydrogen-bond donors (Lipinski definition) is 3. The lowest BCUT2D eigenvalue weighted by atomic mass is 10.1. The average Bonchev–Trinajstić information content (AvgIpc) is 3.94. The smallest absolute Gasteiger partial charge is 0.410 e. The third-order valence-corrected chi connectivity index (χ3v) is 9.17. The number of amides is 4. The largest absolute Gasteiger partial charge is 0.445 e. The number of anilines is 2. The second-order valence-corrected chi connectivity index (χ2v) is 12.7. The fraction of sp³-hybridized carbons (Fsp3) is 0.256. The van der Waals surface area contributed by atoms with Gasteiger partial charge < -0.3 is 25.1 Å². The second-order valence-electron chi connectivity index (χ2n) is 12.7. The number of nitrogens with one attached hydrogen (secondary N) is 3. The number of carbonyl (C=O) groups excluding carboxylic acids is 4. The minimum absolute atomic E-state index is 0.147. The molecule has 260 valence electrons. The number of hydrogen-bond acceptors (Lipinski definition) is 7. The van der Waals surface area contributed by atoms with Gasteiger partial charge in [0, 0.05) is 30.0 Å². The molecule has 0 spiro atoms. The molecule has 3 heterocycles. The molecule has 1 aromatic heterocycles. The molecule has 12 nitrogen and oxygen atoms in total. The summed E-state index contributed by atoms with van der Waals surface area (Å²) in [6.45, 7) is 1.22. The molecular formula is C39H38N6O6. The van der Waals surface area contributed by atoms with Crippen LogP contribution in [0, 0.1) is 0 Å². The highest BCUT2D eigenvalue weighted by atomic mass is 16.6. The van der Waals surface area contributed by atoms with Crippen molar-refractivity contribution in [1.29, 1.82) is 0 Å². The number of ether oxygens (including phenoxy) is 2. The quantitative estimate of drug-likeness (QED) is 0.156. The van der Waals surface area contributed by atoms with Crippen LogP contribution in [0.25, 0.3) is 22.4 Å². The summed E-state index contributed by atoms with van der Waals surface area (Å²) in [6.07, 6.45) is 1.55. The topological polar surface area (TPSA) is 146 Å². The van der Waals surface area contributed by atoms with Gasteiger partial charge in [0.15, 0.2) is 0 Å². The van der Waals surface area contributed by atoms with Crippen LogP contribution < -0.4 is 10.6 Å². The molecule has 3 N–H and O–H groups in total. The molecule has 2 aliphatic heterocycles. The third-order valence-electron chi connectivity index (χ3n) is 9.17. The first-order chi connectivity index (χ1) is 24.9. The molecule has 2 fully saturated rings. The Bertz CT molecular complexity index is 2020. The van der Waals surface area contributed by atoms with Gasteiger partial charge in [-0.1, -0.05) is 60.7 Å². The fourth-order valence-corrected chi connectivity index (χ4v) is 6.51. The lowest BCUT2D eigenvalue weighted by molar-refractivity contribution is -0.120. The van der Waals surface area contributed by atoms with Crippen molar-refractivity contribution in [3.63, 3.8) is 0 Å². The molecule has 51 heavy (non-hydrogen) atoms. The van der Waals surface area contributed by atoms with Gasteiger partial charge in [0.05, 0.1) is 11.0 Å². The van der Waals surface area contributed by atoms with Crippen molar-refractivity contribution in [1.82, 2.24) is 19.8 Å². The van der Waals surface area contributed by atoms with Crippen LogP contribution in [0.15, 0.2) is 103 Å². The number of aromatic amines is 1. The molecule has 0 unspecified atom stereocenters. The number of fused-ring (bicyclic) bond motifs is 1. The zero-order valence-electron chi connectivity index (χ0n) is 27.9. The maximum atomic E-state index is 13.3. The summed E-state index contributed by atoms with van der Waals surface area (Å²) in [5.74, 6) is 0.0864. The Morgan fingerprint density at radius 1 is 0.667 bits per heavy atom. The summed E-state index contributed by atoms with van der Waals surface area (Å²) >= 11 is 0. The lowest BCUT2D eigenvalue weighted by Crippen LogP contribution is -2.43. The Labute approximate surface area is 294 Å². The minimum atomic E-state index is -0.620. The molecule has 12 heteroatoms. The number of aromatic nitrogens is 2. The Kier molecular flexibility index (Phi) is 9.91. The number of benzene rings is 4.